The minimum atomic E-state index is -0.718. The number of carbonyl (C=O) groups excluding carboxylic acids is 1. The van der Waals surface area contributed by atoms with Gasteiger partial charge in [0.15, 0.2) is 0 Å². The van der Waals surface area contributed by atoms with Crippen molar-refractivity contribution in [1.82, 2.24) is 9.55 Å². The fourth-order valence-corrected chi connectivity index (χ4v) is 5.60. The molecule has 8 nitrogen and oxygen atoms in total. The van der Waals surface area contributed by atoms with E-state index in [9.17, 15) is 14.7 Å². The highest BCUT2D eigenvalue weighted by Crippen LogP contribution is 2.42. The Morgan fingerprint density at radius 2 is 1.80 bits per heavy atom. The number of nitrogens with one attached hydrogen (secondary N) is 1. The second-order valence-corrected chi connectivity index (χ2v) is 9.88. The van der Waals surface area contributed by atoms with Gasteiger partial charge in [-0.3, -0.25) is 9.69 Å². The molecular formula is C26H29ClN4O4. The SMILES string of the molecule is COC(=O)N1c2ccc3c(nc(Nc4ccc(Cl)cc4)n3[C@H]3CC[C@H](C(=O)O)CC3)c2CC[C@@H]1C. The normalized spacial score (nSPS) is 22.0. The number of hydrogen-bond donors (Lipinski definition) is 2. The molecular weight excluding hydrogens is 468 g/mol. The van der Waals surface area contributed by atoms with Gasteiger partial charge >= 0.3 is 12.1 Å². The second kappa shape index (κ2) is 9.41. The lowest BCUT2D eigenvalue weighted by Gasteiger charge is -2.34. The van der Waals surface area contributed by atoms with E-state index < -0.39 is 5.97 Å². The summed E-state index contributed by atoms with van der Waals surface area (Å²) in [6, 6.07) is 11.6. The highest BCUT2D eigenvalue weighted by atomic mass is 35.5. The lowest BCUT2D eigenvalue weighted by molar-refractivity contribution is -0.143. The Bertz CT molecular complexity index is 1260. The summed E-state index contributed by atoms with van der Waals surface area (Å²) in [6.07, 6.45) is 4.06. The maximum absolute atomic E-state index is 12.6. The minimum absolute atomic E-state index is 0.0347. The number of carbonyl (C=O) groups is 2. The molecule has 0 radical (unpaired) electrons. The summed E-state index contributed by atoms with van der Waals surface area (Å²) in [6.45, 7) is 2.02. The number of methoxy groups -OCH3 is 1. The van der Waals surface area contributed by atoms with Crippen LogP contribution in [0.1, 0.15) is 50.6 Å². The monoisotopic (exact) mass is 496 g/mol. The number of halogens is 1. The number of carboxylic acids is 1. The zero-order valence-electron chi connectivity index (χ0n) is 19.8. The van der Waals surface area contributed by atoms with E-state index in [0.29, 0.717) is 23.8 Å². The zero-order chi connectivity index (χ0) is 24.7. The largest absolute Gasteiger partial charge is 0.481 e. The number of ether oxygens (including phenoxy) is 1. The van der Waals surface area contributed by atoms with E-state index >= 15 is 0 Å². The van der Waals surface area contributed by atoms with Gasteiger partial charge in [-0.05, 0) is 81.8 Å². The number of rotatable bonds is 4. The molecule has 1 fully saturated rings. The molecule has 2 heterocycles. The number of imidazole rings is 1. The molecule has 35 heavy (non-hydrogen) atoms. The Hall–Kier alpha value is -3.26. The number of aryl methyl sites for hydroxylation is 1. The second-order valence-electron chi connectivity index (χ2n) is 9.44. The smallest absolute Gasteiger partial charge is 0.414 e. The van der Waals surface area contributed by atoms with E-state index in [-0.39, 0.29) is 24.1 Å². The van der Waals surface area contributed by atoms with Gasteiger partial charge in [0.2, 0.25) is 5.95 Å². The quantitative estimate of drug-likeness (QED) is 0.449. The summed E-state index contributed by atoms with van der Waals surface area (Å²) in [5.41, 5.74) is 4.57. The number of fused-ring (bicyclic) bond motifs is 3. The van der Waals surface area contributed by atoms with Gasteiger partial charge in [-0.15, -0.1) is 0 Å². The maximum atomic E-state index is 12.6. The molecule has 1 aliphatic heterocycles. The van der Waals surface area contributed by atoms with Gasteiger partial charge in [-0.1, -0.05) is 11.6 Å². The molecule has 2 aliphatic rings. The van der Waals surface area contributed by atoms with Crippen LogP contribution < -0.4 is 10.2 Å². The molecule has 0 spiro atoms. The topological polar surface area (TPSA) is 96.7 Å². The Labute approximate surface area is 208 Å². The van der Waals surface area contributed by atoms with Crippen LogP contribution in [0, 0.1) is 5.92 Å². The molecule has 9 heteroatoms. The van der Waals surface area contributed by atoms with Gasteiger partial charge in [0, 0.05) is 28.4 Å². The van der Waals surface area contributed by atoms with E-state index in [2.05, 4.69) is 9.88 Å². The van der Waals surface area contributed by atoms with Gasteiger partial charge in [0.05, 0.1) is 29.7 Å². The van der Waals surface area contributed by atoms with Gasteiger partial charge in [0.1, 0.15) is 0 Å². The van der Waals surface area contributed by atoms with Crippen LogP contribution in [0.5, 0.6) is 0 Å². The number of benzene rings is 2. The van der Waals surface area contributed by atoms with Crippen molar-refractivity contribution in [2.45, 2.75) is 57.5 Å². The summed E-state index contributed by atoms with van der Waals surface area (Å²) in [5.74, 6) is -0.307. The third-order valence-electron chi connectivity index (χ3n) is 7.34. The molecule has 2 N–H and O–H groups in total. The fraction of sp³-hybridized carbons (Fsp3) is 0.423. The van der Waals surface area contributed by atoms with E-state index in [1.807, 2.05) is 43.3 Å². The van der Waals surface area contributed by atoms with Crippen molar-refractivity contribution in [2.75, 3.05) is 17.3 Å². The van der Waals surface area contributed by atoms with Crippen LogP contribution in [0.2, 0.25) is 5.02 Å². The molecule has 5 rings (SSSR count). The average molecular weight is 497 g/mol. The van der Waals surface area contributed by atoms with Gasteiger partial charge in [0.25, 0.3) is 0 Å². The van der Waals surface area contributed by atoms with Crippen LogP contribution in [0.25, 0.3) is 11.0 Å². The van der Waals surface area contributed by atoms with Crippen LogP contribution in [-0.4, -0.2) is 39.9 Å². The first-order chi connectivity index (χ1) is 16.9. The predicted octanol–water partition coefficient (Wildman–Crippen LogP) is 6.16. The lowest BCUT2D eigenvalue weighted by atomic mass is 9.86. The van der Waals surface area contributed by atoms with Crippen molar-refractivity contribution in [3.05, 3.63) is 47.0 Å². The van der Waals surface area contributed by atoms with Gasteiger partial charge in [-0.2, -0.15) is 0 Å². The maximum Gasteiger partial charge on any atom is 0.414 e. The molecule has 3 aromatic rings. The van der Waals surface area contributed by atoms with Crippen LogP contribution in [0.15, 0.2) is 36.4 Å². The standard InChI is InChI=1S/C26H29ClN4O4/c1-15-3-12-20-21(30(15)26(34)35-2)13-14-22-23(20)29-25(28-18-8-6-17(27)7-9-18)31(22)19-10-4-16(5-11-19)24(32)33/h6-9,13-16,19H,3-5,10-12H2,1-2H3,(H,28,29)(H,32,33)/t15-,16-,19-/m0/s1. The molecule has 184 valence electrons. The molecule has 2 aromatic carbocycles. The number of hydrogen-bond acceptors (Lipinski definition) is 5. The summed E-state index contributed by atoms with van der Waals surface area (Å²) < 4.78 is 7.27. The first kappa shape index (κ1) is 23.5. The minimum Gasteiger partial charge on any atom is -0.481 e. The number of anilines is 3. The summed E-state index contributed by atoms with van der Waals surface area (Å²) in [7, 11) is 1.40. The number of carboxylic acid groups (broad SMARTS) is 1. The highest BCUT2D eigenvalue weighted by molar-refractivity contribution is 6.30. The number of nitrogens with zero attached hydrogens (tertiary/aromatic N) is 3. The van der Waals surface area contributed by atoms with Crippen LogP contribution >= 0.6 is 11.6 Å². The van der Waals surface area contributed by atoms with Gasteiger partial charge < -0.3 is 19.7 Å². The fourth-order valence-electron chi connectivity index (χ4n) is 5.48. The molecule has 1 aromatic heterocycles. The summed E-state index contributed by atoms with van der Waals surface area (Å²) in [4.78, 5) is 30.8. The predicted molar refractivity (Wildman–Crippen MR) is 136 cm³/mol. The average Bonchev–Trinajstić information content (AvgIpc) is 3.23. The summed E-state index contributed by atoms with van der Waals surface area (Å²) >= 11 is 6.07. The lowest BCUT2D eigenvalue weighted by Crippen LogP contribution is -2.42. The van der Waals surface area contributed by atoms with Crippen LogP contribution in [-0.2, 0) is 16.0 Å². The molecule has 0 bridgehead atoms. The van der Waals surface area contributed by atoms with E-state index in [1.54, 1.807) is 4.90 Å². The van der Waals surface area contributed by atoms with Crippen molar-refractivity contribution >= 4 is 52.0 Å². The van der Waals surface area contributed by atoms with Crippen LogP contribution in [0.3, 0.4) is 0 Å². The molecule has 1 aliphatic carbocycles. The van der Waals surface area contributed by atoms with E-state index in [4.69, 9.17) is 21.3 Å². The van der Waals surface area contributed by atoms with E-state index in [0.717, 1.165) is 53.7 Å². The Balaban J connectivity index is 1.61. The number of aromatic nitrogens is 2. The van der Waals surface area contributed by atoms with Crippen molar-refractivity contribution in [1.29, 1.82) is 0 Å². The number of amides is 1. The Kier molecular flexibility index (Phi) is 6.32. The Morgan fingerprint density at radius 3 is 2.46 bits per heavy atom. The molecule has 0 unspecified atom stereocenters. The van der Waals surface area contributed by atoms with Crippen LogP contribution in [0.4, 0.5) is 22.1 Å². The van der Waals surface area contributed by atoms with Crippen molar-refractivity contribution in [2.24, 2.45) is 5.92 Å². The van der Waals surface area contributed by atoms with Crippen molar-refractivity contribution in [3.8, 4) is 0 Å². The number of aliphatic carboxylic acids is 1. The summed E-state index contributed by atoms with van der Waals surface area (Å²) in [5, 5.41) is 13.6. The van der Waals surface area contributed by atoms with Crippen molar-refractivity contribution in [3.63, 3.8) is 0 Å². The molecule has 1 atom stereocenters. The highest BCUT2D eigenvalue weighted by Gasteiger charge is 2.33. The Morgan fingerprint density at radius 1 is 1.09 bits per heavy atom. The van der Waals surface area contributed by atoms with Crippen molar-refractivity contribution < 1.29 is 19.4 Å². The zero-order valence-corrected chi connectivity index (χ0v) is 20.6. The van der Waals surface area contributed by atoms with E-state index in [1.165, 1.54) is 7.11 Å². The third kappa shape index (κ3) is 4.31. The third-order valence-corrected chi connectivity index (χ3v) is 7.59. The molecule has 0 saturated heterocycles. The van der Waals surface area contributed by atoms with Gasteiger partial charge in [-0.25, -0.2) is 9.78 Å². The molecule has 1 saturated carbocycles. The first-order valence-corrected chi connectivity index (χ1v) is 12.4. The molecule has 1 amide bonds. The first-order valence-electron chi connectivity index (χ1n) is 12.0.